The van der Waals surface area contributed by atoms with Gasteiger partial charge >= 0.3 is 12.1 Å². The molecule has 0 aromatic heterocycles. The molecular formula is C8H11F3N2O3. The molecule has 0 saturated carbocycles. The van der Waals surface area contributed by atoms with Crippen molar-refractivity contribution in [3.8, 4) is 0 Å². The summed E-state index contributed by atoms with van der Waals surface area (Å²) in [6.45, 7) is 1.79. The van der Waals surface area contributed by atoms with Crippen molar-refractivity contribution < 1.29 is 27.5 Å². The molecule has 0 aliphatic rings. The van der Waals surface area contributed by atoms with E-state index in [2.05, 4.69) is 14.7 Å². The minimum Gasteiger partial charge on any atom is -0.463 e. The first kappa shape index (κ1) is 14.3. The van der Waals surface area contributed by atoms with E-state index in [1.54, 1.807) is 6.92 Å². The van der Waals surface area contributed by atoms with Gasteiger partial charge in [0.2, 0.25) is 0 Å². The first-order chi connectivity index (χ1) is 7.35. The second-order valence-corrected chi connectivity index (χ2v) is 2.53. The van der Waals surface area contributed by atoms with E-state index >= 15 is 0 Å². The maximum atomic E-state index is 11.7. The van der Waals surface area contributed by atoms with Gasteiger partial charge in [-0.3, -0.25) is 0 Å². The lowest BCUT2D eigenvalue weighted by Gasteiger charge is -2.03. The van der Waals surface area contributed by atoms with Gasteiger partial charge < -0.3 is 15.3 Å². The number of halogens is 3. The summed E-state index contributed by atoms with van der Waals surface area (Å²) in [5.74, 6) is -1.42. The largest absolute Gasteiger partial charge is 0.463 e. The molecule has 0 amide bonds. The Kier molecular flexibility index (Phi) is 5.97. The average molecular weight is 240 g/mol. The highest BCUT2D eigenvalue weighted by Crippen LogP contribution is 2.18. The molecule has 2 N–H and O–H groups in total. The number of nitrogens with zero attached hydrogens (tertiary/aromatic N) is 1. The molecule has 0 atom stereocenters. The first-order valence-electron chi connectivity index (χ1n) is 4.23. The lowest BCUT2D eigenvalue weighted by atomic mass is 10.4. The zero-order valence-corrected chi connectivity index (χ0v) is 8.45. The summed E-state index contributed by atoms with van der Waals surface area (Å²) in [5, 5.41) is 2.92. The van der Waals surface area contributed by atoms with Crippen molar-refractivity contribution in [1.29, 1.82) is 0 Å². The zero-order valence-electron chi connectivity index (χ0n) is 8.45. The van der Waals surface area contributed by atoms with E-state index in [9.17, 15) is 18.0 Å². The number of hydrogen-bond donors (Lipinski definition) is 1. The van der Waals surface area contributed by atoms with Crippen molar-refractivity contribution in [2.24, 2.45) is 10.9 Å². The van der Waals surface area contributed by atoms with Crippen molar-refractivity contribution in [2.75, 3.05) is 6.61 Å². The van der Waals surface area contributed by atoms with Gasteiger partial charge in [0.1, 0.15) is 18.5 Å². The minimum atomic E-state index is -4.44. The molecule has 0 fully saturated rings. The first-order valence-corrected chi connectivity index (χ1v) is 4.23. The summed E-state index contributed by atoms with van der Waals surface area (Å²) in [6.07, 6.45) is -4.17. The molecule has 0 aromatic rings. The van der Waals surface area contributed by atoms with Crippen LogP contribution in [0.15, 0.2) is 17.5 Å². The van der Waals surface area contributed by atoms with Crippen LogP contribution in [0.4, 0.5) is 13.2 Å². The Bertz CT molecular complexity index is 287. The SMILES string of the molecule is CCOC(=O)C=CON=C(N)CC(F)(F)F. The Balaban J connectivity index is 3.95. The highest BCUT2D eigenvalue weighted by molar-refractivity contribution is 5.82. The van der Waals surface area contributed by atoms with Gasteiger partial charge in [0.15, 0.2) is 0 Å². The Morgan fingerprint density at radius 2 is 2.12 bits per heavy atom. The minimum absolute atomic E-state index is 0.183. The molecule has 0 aromatic carbocycles. The Morgan fingerprint density at radius 3 is 2.62 bits per heavy atom. The predicted molar refractivity (Wildman–Crippen MR) is 49.2 cm³/mol. The molecule has 0 aliphatic carbocycles. The third kappa shape index (κ3) is 8.85. The number of rotatable bonds is 5. The van der Waals surface area contributed by atoms with Crippen LogP contribution in [-0.2, 0) is 14.4 Å². The molecular weight excluding hydrogens is 229 g/mol. The van der Waals surface area contributed by atoms with Crippen molar-refractivity contribution in [3.05, 3.63) is 12.3 Å². The maximum absolute atomic E-state index is 11.7. The van der Waals surface area contributed by atoms with E-state index in [0.29, 0.717) is 0 Å². The second kappa shape index (κ2) is 6.70. The van der Waals surface area contributed by atoms with Crippen molar-refractivity contribution >= 4 is 11.8 Å². The third-order valence-corrected chi connectivity index (χ3v) is 1.10. The Morgan fingerprint density at radius 1 is 1.50 bits per heavy atom. The number of amidine groups is 1. The van der Waals surface area contributed by atoms with Gasteiger partial charge in [-0.05, 0) is 6.92 Å². The number of oxime groups is 1. The average Bonchev–Trinajstić information content (AvgIpc) is 2.10. The zero-order chi connectivity index (χ0) is 12.6. The molecule has 0 aliphatic heterocycles. The summed E-state index contributed by atoms with van der Waals surface area (Å²) in [4.78, 5) is 14.9. The number of ether oxygens (including phenoxy) is 1. The van der Waals surface area contributed by atoms with Gasteiger partial charge in [-0.25, -0.2) is 4.79 Å². The fraction of sp³-hybridized carbons (Fsp3) is 0.500. The van der Waals surface area contributed by atoms with Gasteiger partial charge in [0, 0.05) is 0 Å². The number of hydrogen-bond acceptors (Lipinski definition) is 4. The summed E-state index contributed by atoms with van der Waals surface area (Å²) >= 11 is 0. The molecule has 16 heavy (non-hydrogen) atoms. The highest BCUT2D eigenvalue weighted by Gasteiger charge is 2.29. The third-order valence-electron chi connectivity index (χ3n) is 1.10. The van der Waals surface area contributed by atoms with E-state index < -0.39 is 24.4 Å². The molecule has 0 saturated heterocycles. The van der Waals surface area contributed by atoms with E-state index in [1.807, 2.05) is 0 Å². The van der Waals surface area contributed by atoms with Gasteiger partial charge in [-0.2, -0.15) is 13.2 Å². The molecule has 92 valence electrons. The summed E-state index contributed by atoms with van der Waals surface area (Å²) < 4.78 is 39.7. The quantitative estimate of drug-likeness (QED) is 0.196. The number of carbonyl (C=O) groups is 1. The van der Waals surface area contributed by atoms with Crippen LogP contribution in [0.5, 0.6) is 0 Å². The number of carbonyl (C=O) groups excluding carboxylic acids is 1. The smallest absolute Gasteiger partial charge is 0.396 e. The Labute approximate surface area is 89.7 Å². The Hall–Kier alpha value is -1.73. The van der Waals surface area contributed by atoms with Crippen LogP contribution in [0.3, 0.4) is 0 Å². The van der Waals surface area contributed by atoms with Gasteiger partial charge in [0.25, 0.3) is 0 Å². The highest BCUT2D eigenvalue weighted by atomic mass is 19.4. The van der Waals surface area contributed by atoms with Crippen molar-refractivity contribution in [1.82, 2.24) is 0 Å². The second-order valence-electron chi connectivity index (χ2n) is 2.53. The summed E-state index contributed by atoms with van der Waals surface area (Å²) in [7, 11) is 0. The fourth-order valence-electron chi connectivity index (χ4n) is 0.612. The molecule has 0 heterocycles. The maximum Gasteiger partial charge on any atom is 0.396 e. The molecule has 0 spiro atoms. The predicted octanol–water partition coefficient (Wildman–Crippen LogP) is 1.30. The lowest BCUT2D eigenvalue weighted by molar-refractivity contribution is -0.137. The van der Waals surface area contributed by atoms with Crippen LogP contribution in [-0.4, -0.2) is 24.6 Å². The van der Waals surface area contributed by atoms with Crippen molar-refractivity contribution in [3.63, 3.8) is 0 Å². The van der Waals surface area contributed by atoms with Gasteiger partial charge in [-0.1, -0.05) is 5.16 Å². The topological polar surface area (TPSA) is 73.9 Å². The number of nitrogens with two attached hydrogens (primary N) is 1. The van der Waals surface area contributed by atoms with Crippen LogP contribution >= 0.6 is 0 Å². The van der Waals surface area contributed by atoms with Crippen LogP contribution in [0.25, 0.3) is 0 Å². The van der Waals surface area contributed by atoms with Crippen LogP contribution in [0.1, 0.15) is 13.3 Å². The standard InChI is InChI=1S/C8H11F3N2O3/c1-2-15-7(14)3-4-16-13-6(12)5-8(9,10)11/h3-4H,2,5H2,1H3,(H2,12,13). The monoisotopic (exact) mass is 240 g/mol. The van der Waals surface area contributed by atoms with Crippen LogP contribution < -0.4 is 5.73 Å². The van der Waals surface area contributed by atoms with Gasteiger partial charge in [-0.15, -0.1) is 0 Å². The molecule has 8 heteroatoms. The normalized spacial score (nSPS) is 12.9. The molecule has 0 unspecified atom stereocenters. The van der Waals surface area contributed by atoms with Gasteiger partial charge in [0.05, 0.1) is 12.7 Å². The summed E-state index contributed by atoms with van der Waals surface area (Å²) in [6, 6.07) is 0. The molecule has 0 radical (unpaired) electrons. The number of esters is 1. The lowest BCUT2D eigenvalue weighted by Crippen LogP contribution is -2.21. The van der Waals surface area contributed by atoms with E-state index in [-0.39, 0.29) is 6.61 Å². The fourth-order valence-corrected chi connectivity index (χ4v) is 0.612. The van der Waals surface area contributed by atoms with Crippen LogP contribution in [0, 0.1) is 0 Å². The van der Waals surface area contributed by atoms with E-state index in [4.69, 9.17) is 5.73 Å². The molecule has 5 nitrogen and oxygen atoms in total. The molecule has 0 bridgehead atoms. The van der Waals surface area contributed by atoms with Crippen LogP contribution in [0.2, 0.25) is 0 Å². The van der Waals surface area contributed by atoms with E-state index in [1.165, 1.54) is 0 Å². The summed E-state index contributed by atoms with van der Waals surface area (Å²) in [5.41, 5.74) is 4.89. The molecule has 0 rings (SSSR count). The number of alkyl halides is 3. The van der Waals surface area contributed by atoms with E-state index in [0.717, 1.165) is 12.3 Å². The van der Waals surface area contributed by atoms with Crippen molar-refractivity contribution in [2.45, 2.75) is 19.5 Å².